The lowest BCUT2D eigenvalue weighted by atomic mass is 10.1. The van der Waals surface area contributed by atoms with Gasteiger partial charge in [0.15, 0.2) is 5.84 Å². The highest BCUT2D eigenvalue weighted by molar-refractivity contribution is 8.82. The van der Waals surface area contributed by atoms with Gasteiger partial charge in [-0.1, -0.05) is 35.9 Å². The summed E-state index contributed by atoms with van der Waals surface area (Å²) in [6, 6.07) is 8.10. The molecular weight excluding hydrogens is 378 g/mol. The third-order valence-electron chi connectivity index (χ3n) is 4.45. The zero-order valence-corrected chi connectivity index (χ0v) is 17.6. The Labute approximate surface area is 169 Å². The van der Waals surface area contributed by atoms with Gasteiger partial charge in [0, 0.05) is 37.5 Å². The molecule has 3 rings (SSSR count). The summed E-state index contributed by atoms with van der Waals surface area (Å²) in [7, 11) is 3.45. The van der Waals surface area contributed by atoms with Gasteiger partial charge in [0.1, 0.15) is 10.8 Å². The van der Waals surface area contributed by atoms with Crippen LogP contribution in [0.1, 0.15) is 25.8 Å². The highest BCUT2D eigenvalue weighted by atomic mass is 33.1. The van der Waals surface area contributed by atoms with Crippen molar-refractivity contribution in [1.29, 1.82) is 5.41 Å². The van der Waals surface area contributed by atoms with Gasteiger partial charge in [-0.05, 0) is 30.2 Å². The number of fused-ring (bicyclic) bond motifs is 1. The van der Waals surface area contributed by atoms with E-state index in [2.05, 4.69) is 28.1 Å². The SMILES string of the molecule is CCCSS/C(C)=N/N=C1\C(=N)N(CCN2CCOCC2)c2ccccc21. The highest BCUT2D eigenvalue weighted by Crippen LogP contribution is 2.30. The molecule has 0 saturated carbocycles. The molecule has 1 saturated heterocycles. The van der Waals surface area contributed by atoms with Gasteiger partial charge in [-0.2, -0.15) is 0 Å². The molecule has 0 bridgehead atoms. The Kier molecular flexibility index (Phi) is 7.75. The Morgan fingerprint density at radius 2 is 2.00 bits per heavy atom. The molecule has 1 N–H and O–H groups in total. The van der Waals surface area contributed by atoms with Crippen LogP contribution in [0, 0.1) is 5.41 Å². The predicted octanol–water partition coefficient (Wildman–Crippen LogP) is 3.73. The molecule has 0 radical (unpaired) electrons. The van der Waals surface area contributed by atoms with E-state index >= 15 is 0 Å². The third kappa shape index (κ3) is 5.34. The highest BCUT2D eigenvalue weighted by Gasteiger charge is 2.31. The standard InChI is InChI=1S/C19H27N5OS2/c1-3-14-26-27-15(2)21-22-18-16-6-4-5-7-17(16)24(19(18)20)9-8-23-10-12-25-13-11-23/h4-7,20H,3,8-14H2,1-2H3/b20-19?,21-15+,22-18-. The van der Waals surface area contributed by atoms with Crippen LogP contribution in [0.5, 0.6) is 0 Å². The molecule has 0 amide bonds. The van der Waals surface area contributed by atoms with E-state index in [4.69, 9.17) is 10.1 Å². The van der Waals surface area contributed by atoms with Gasteiger partial charge >= 0.3 is 0 Å². The van der Waals surface area contributed by atoms with Crippen molar-refractivity contribution in [2.75, 3.05) is 50.0 Å². The number of morpholine rings is 1. The molecular formula is C19H27N5OS2. The molecule has 2 heterocycles. The van der Waals surface area contributed by atoms with Crippen molar-refractivity contribution in [3.63, 3.8) is 0 Å². The van der Waals surface area contributed by atoms with E-state index in [0.29, 0.717) is 11.5 Å². The smallest absolute Gasteiger partial charge is 0.154 e. The molecule has 0 atom stereocenters. The summed E-state index contributed by atoms with van der Waals surface area (Å²) in [6.45, 7) is 9.34. The number of benzene rings is 1. The fourth-order valence-corrected chi connectivity index (χ4v) is 4.89. The number of para-hydroxylation sites is 1. The first-order valence-corrected chi connectivity index (χ1v) is 11.7. The molecule has 0 spiro atoms. The van der Waals surface area contributed by atoms with Crippen LogP contribution >= 0.6 is 21.6 Å². The molecule has 6 nitrogen and oxygen atoms in total. The Morgan fingerprint density at radius 1 is 1.22 bits per heavy atom. The van der Waals surface area contributed by atoms with Crippen LogP contribution < -0.4 is 4.90 Å². The first kappa shape index (κ1) is 20.4. The van der Waals surface area contributed by atoms with E-state index in [1.807, 2.05) is 30.0 Å². The van der Waals surface area contributed by atoms with E-state index in [9.17, 15) is 0 Å². The molecule has 2 aliphatic rings. The number of hydrogen-bond acceptors (Lipinski definition) is 7. The molecule has 2 aliphatic heterocycles. The van der Waals surface area contributed by atoms with Gasteiger partial charge in [-0.3, -0.25) is 10.3 Å². The molecule has 1 fully saturated rings. The van der Waals surface area contributed by atoms with Gasteiger partial charge in [-0.25, -0.2) is 0 Å². The molecule has 27 heavy (non-hydrogen) atoms. The summed E-state index contributed by atoms with van der Waals surface area (Å²) >= 11 is 0. The summed E-state index contributed by atoms with van der Waals surface area (Å²) in [5.41, 5.74) is 2.70. The lowest BCUT2D eigenvalue weighted by molar-refractivity contribution is 0.0395. The molecule has 0 unspecified atom stereocenters. The van der Waals surface area contributed by atoms with Crippen LogP contribution in [0.2, 0.25) is 0 Å². The van der Waals surface area contributed by atoms with Crippen molar-refractivity contribution in [2.45, 2.75) is 20.3 Å². The van der Waals surface area contributed by atoms with Gasteiger partial charge in [0.05, 0.1) is 18.9 Å². The average molecular weight is 406 g/mol. The molecule has 146 valence electrons. The predicted molar refractivity (Wildman–Crippen MR) is 119 cm³/mol. The van der Waals surface area contributed by atoms with E-state index in [1.54, 1.807) is 21.6 Å². The van der Waals surface area contributed by atoms with Crippen LogP contribution in [-0.4, -0.2) is 66.6 Å². The maximum absolute atomic E-state index is 8.65. The Balaban J connectivity index is 1.71. The fraction of sp³-hybridized carbons (Fsp3) is 0.526. The van der Waals surface area contributed by atoms with Crippen molar-refractivity contribution in [3.05, 3.63) is 29.8 Å². The van der Waals surface area contributed by atoms with Crippen LogP contribution in [0.4, 0.5) is 5.69 Å². The van der Waals surface area contributed by atoms with Gasteiger partial charge < -0.3 is 9.64 Å². The lowest BCUT2D eigenvalue weighted by Gasteiger charge is -2.29. The Hall–Kier alpha value is -1.35. The van der Waals surface area contributed by atoms with E-state index in [1.165, 1.54) is 0 Å². The van der Waals surface area contributed by atoms with Crippen molar-refractivity contribution < 1.29 is 4.74 Å². The largest absolute Gasteiger partial charge is 0.379 e. The number of rotatable bonds is 7. The van der Waals surface area contributed by atoms with E-state index < -0.39 is 0 Å². The van der Waals surface area contributed by atoms with Gasteiger partial charge in [0.25, 0.3) is 0 Å². The van der Waals surface area contributed by atoms with Crippen LogP contribution in [0.15, 0.2) is 34.5 Å². The topological polar surface area (TPSA) is 64.3 Å². The zero-order chi connectivity index (χ0) is 19.1. The normalized spacial score (nSPS) is 19.8. The maximum atomic E-state index is 8.65. The minimum absolute atomic E-state index is 0.437. The second-order valence-corrected chi connectivity index (χ2v) is 9.05. The fourth-order valence-electron chi connectivity index (χ4n) is 3.03. The van der Waals surface area contributed by atoms with Crippen molar-refractivity contribution in [1.82, 2.24) is 4.90 Å². The first-order chi connectivity index (χ1) is 13.2. The number of amidine groups is 1. The molecule has 0 aromatic heterocycles. The maximum Gasteiger partial charge on any atom is 0.154 e. The second kappa shape index (κ2) is 10.3. The quantitative estimate of drug-likeness (QED) is 0.246. The van der Waals surface area contributed by atoms with Crippen LogP contribution in [-0.2, 0) is 4.74 Å². The summed E-state index contributed by atoms with van der Waals surface area (Å²) in [6.07, 6.45) is 1.15. The molecule has 8 heteroatoms. The van der Waals surface area contributed by atoms with Crippen molar-refractivity contribution in [3.8, 4) is 0 Å². The molecule has 1 aromatic rings. The number of hydrogen-bond donors (Lipinski definition) is 1. The third-order valence-corrected chi connectivity index (χ3v) is 7.04. The number of anilines is 1. The Bertz CT molecular complexity index is 716. The number of nitrogens with zero attached hydrogens (tertiary/aromatic N) is 4. The second-order valence-electron chi connectivity index (χ2n) is 6.44. The van der Waals surface area contributed by atoms with Crippen LogP contribution in [0.25, 0.3) is 0 Å². The summed E-state index contributed by atoms with van der Waals surface area (Å²) in [4.78, 5) is 4.44. The average Bonchev–Trinajstić information content (AvgIpc) is 2.96. The number of ether oxygens (including phenoxy) is 1. The summed E-state index contributed by atoms with van der Waals surface area (Å²) in [5.74, 6) is 1.54. The monoisotopic (exact) mass is 405 g/mol. The Morgan fingerprint density at radius 3 is 2.78 bits per heavy atom. The minimum atomic E-state index is 0.437. The molecule has 0 aliphatic carbocycles. The van der Waals surface area contributed by atoms with Crippen LogP contribution in [0.3, 0.4) is 0 Å². The van der Waals surface area contributed by atoms with Crippen molar-refractivity contribution >= 4 is 43.9 Å². The van der Waals surface area contributed by atoms with Gasteiger partial charge in [-0.15, -0.1) is 10.2 Å². The summed E-state index contributed by atoms with van der Waals surface area (Å²) < 4.78 is 5.42. The summed E-state index contributed by atoms with van der Waals surface area (Å²) in [5, 5.41) is 18.4. The van der Waals surface area contributed by atoms with Gasteiger partial charge in [0.2, 0.25) is 0 Å². The minimum Gasteiger partial charge on any atom is -0.379 e. The molecule has 1 aromatic carbocycles. The van der Waals surface area contributed by atoms with E-state index in [-0.39, 0.29) is 0 Å². The number of nitrogens with one attached hydrogen (secondary N) is 1. The van der Waals surface area contributed by atoms with E-state index in [0.717, 1.165) is 67.9 Å². The van der Waals surface area contributed by atoms with Crippen molar-refractivity contribution in [2.24, 2.45) is 10.2 Å². The first-order valence-electron chi connectivity index (χ1n) is 9.38. The zero-order valence-electron chi connectivity index (χ0n) is 16.0. The lowest BCUT2D eigenvalue weighted by Crippen LogP contribution is -2.42.